The van der Waals surface area contributed by atoms with E-state index in [1.165, 1.54) is 0 Å². The molecule has 1 rings (SSSR count). The molecule has 1 heterocycles. The molecule has 1 aliphatic rings. The van der Waals surface area contributed by atoms with Crippen LogP contribution in [-0.4, -0.2) is 46.8 Å². The Morgan fingerprint density at radius 1 is 1.32 bits per heavy atom. The number of rotatable bonds is 6. The second-order valence-electron chi connectivity index (χ2n) is 5.42. The Labute approximate surface area is 120 Å². The molecule has 0 aliphatic carbocycles. The predicted molar refractivity (Wildman–Crippen MR) is 80.2 cm³/mol. The molecule has 4 nitrogen and oxygen atoms in total. The summed E-state index contributed by atoms with van der Waals surface area (Å²) in [6.45, 7) is 8.57. The lowest BCUT2D eigenvalue weighted by atomic mass is 9.84. The van der Waals surface area contributed by atoms with Crippen LogP contribution in [0.3, 0.4) is 0 Å². The highest BCUT2D eigenvalue weighted by Crippen LogP contribution is 2.30. The van der Waals surface area contributed by atoms with E-state index in [0.29, 0.717) is 19.4 Å². The second kappa shape index (κ2) is 6.64. The number of nitrogens with one attached hydrogen (secondary N) is 1. The third kappa shape index (κ3) is 2.91. The van der Waals surface area contributed by atoms with Crippen molar-refractivity contribution in [1.29, 1.82) is 0 Å². The van der Waals surface area contributed by atoms with E-state index in [2.05, 4.69) is 5.32 Å². The normalized spacial score (nSPS) is 22.8. The van der Waals surface area contributed by atoms with Crippen LogP contribution in [0.25, 0.3) is 0 Å². The molecule has 110 valence electrons. The number of carbonyl (C=O) groups is 2. The number of hydrogen-bond acceptors (Lipinski definition) is 3. The van der Waals surface area contributed by atoms with Gasteiger partial charge >= 0.3 is 0 Å². The fourth-order valence-electron chi connectivity index (χ4n) is 2.75. The molecular weight excluding hydrogens is 260 g/mol. The zero-order chi connectivity index (χ0) is 14.6. The molecule has 0 saturated carbocycles. The highest BCUT2D eigenvalue weighted by Gasteiger charge is 2.50. The van der Waals surface area contributed by atoms with E-state index >= 15 is 0 Å². The molecule has 5 heteroatoms. The third-order valence-corrected chi connectivity index (χ3v) is 4.70. The summed E-state index contributed by atoms with van der Waals surface area (Å²) in [4.78, 5) is 27.0. The van der Waals surface area contributed by atoms with E-state index in [9.17, 15) is 9.59 Å². The maximum absolute atomic E-state index is 12.7. The minimum atomic E-state index is -0.655. The van der Waals surface area contributed by atoms with E-state index in [1.807, 2.05) is 38.9 Å². The SMILES string of the molecule is CCC1(CC)C(=O)NC(C(C)C)C(=O)N1CCSC. The van der Waals surface area contributed by atoms with Gasteiger partial charge in [0.15, 0.2) is 0 Å². The van der Waals surface area contributed by atoms with Gasteiger partial charge in [0.05, 0.1) is 0 Å². The molecule has 0 bridgehead atoms. The summed E-state index contributed by atoms with van der Waals surface area (Å²) in [7, 11) is 0. The van der Waals surface area contributed by atoms with Crippen molar-refractivity contribution in [2.24, 2.45) is 5.92 Å². The Hall–Kier alpha value is -0.710. The number of amides is 2. The van der Waals surface area contributed by atoms with Gasteiger partial charge in [0.1, 0.15) is 11.6 Å². The largest absolute Gasteiger partial charge is 0.342 e. The van der Waals surface area contributed by atoms with Crippen LogP contribution in [0.2, 0.25) is 0 Å². The summed E-state index contributed by atoms with van der Waals surface area (Å²) in [6.07, 6.45) is 3.36. The van der Waals surface area contributed by atoms with Crippen molar-refractivity contribution < 1.29 is 9.59 Å². The van der Waals surface area contributed by atoms with Crippen molar-refractivity contribution in [3.8, 4) is 0 Å². The van der Waals surface area contributed by atoms with E-state index in [1.54, 1.807) is 11.8 Å². The number of hydrogen-bond donors (Lipinski definition) is 1. The van der Waals surface area contributed by atoms with Crippen LogP contribution in [0.1, 0.15) is 40.5 Å². The predicted octanol–water partition coefficient (Wildman–Crippen LogP) is 1.89. The van der Waals surface area contributed by atoms with Crippen molar-refractivity contribution in [1.82, 2.24) is 10.2 Å². The van der Waals surface area contributed by atoms with Gasteiger partial charge in [0, 0.05) is 12.3 Å². The Kier molecular flexibility index (Phi) is 5.71. The van der Waals surface area contributed by atoms with Crippen LogP contribution in [0.5, 0.6) is 0 Å². The summed E-state index contributed by atoms with van der Waals surface area (Å²) in [5.74, 6) is 1.08. The molecule has 1 saturated heterocycles. The highest BCUT2D eigenvalue weighted by atomic mass is 32.2. The van der Waals surface area contributed by atoms with Crippen molar-refractivity contribution in [3.05, 3.63) is 0 Å². The molecule has 2 amide bonds. The number of carbonyl (C=O) groups excluding carboxylic acids is 2. The van der Waals surface area contributed by atoms with E-state index in [0.717, 1.165) is 5.75 Å². The standard InChI is InChI=1S/C14H26N2O2S/c1-6-14(7-2)13(18)15-11(10(3)4)12(17)16(14)8-9-19-5/h10-11H,6-9H2,1-5H3,(H,15,18). The Morgan fingerprint density at radius 3 is 2.32 bits per heavy atom. The topological polar surface area (TPSA) is 49.4 Å². The summed E-state index contributed by atoms with van der Waals surface area (Å²) in [6, 6.07) is -0.374. The van der Waals surface area contributed by atoms with Crippen molar-refractivity contribution in [2.45, 2.75) is 52.1 Å². The highest BCUT2D eigenvalue weighted by molar-refractivity contribution is 7.98. The van der Waals surface area contributed by atoms with Crippen LogP contribution in [0.4, 0.5) is 0 Å². The van der Waals surface area contributed by atoms with Gasteiger partial charge in [-0.05, 0) is 25.0 Å². The third-order valence-electron chi connectivity index (χ3n) is 4.11. The van der Waals surface area contributed by atoms with Gasteiger partial charge < -0.3 is 10.2 Å². The van der Waals surface area contributed by atoms with Gasteiger partial charge in [-0.1, -0.05) is 27.7 Å². The lowest BCUT2D eigenvalue weighted by Crippen LogP contribution is -2.71. The zero-order valence-corrected chi connectivity index (χ0v) is 13.5. The summed E-state index contributed by atoms with van der Waals surface area (Å²) in [5.41, 5.74) is -0.655. The Bertz CT molecular complexity index is 340. The fourth-order valence-corrected chi connectivity index (χ4v) is 3.12. The summed E-state index contributed by atoms with van der Waals surface area (Å²) in [5, 5.41) is 2.93. The minimum Gasteiger partial charge on any atom is -0.342 e. The molecule has 0 spiro atoms. The van der Waals surface area contributed by atoms with Gasteiger partial charge in [-0.25, -0.2) is 0 Å². The van der Waals surface area contributed by atoms with Gasteiger partial charge in [-0.3, -0.25) is 9.59 Å². The molecule has 0 aromatic rings. The van der Waals surface area contributed by atoms with Crippen LogP contribution >= 0.6 is 11.8 Å². The average Bonchev–Trinajstić information content (AvgIpc) is 2.39. The molecule has 0 radical (unpaired) electrons. The van der Waals surface area contributed by atoms with Crippen LogP contribution < -0.4 is 5.32 Å². The average molecular weight is 286 g/mol. The van der Waals surface area contributed by atoms with Gasteiger partial charge in [0.2, 0.25) is 11.8 Å². The summed E-state index contributed by atoms with van der Waals surface area (Å²) >= 11 is 1.70. The smallest absolute Gasteiger partial charge is 0.246 e. The monoisotopic (exact) mass is 286 g/mol. The molecule has 0 aromatic carbocycles. The zero-order valence-electron chi connectivity index (χ0n) is 12.7. The van der Waals surface area contributed by atoms with Crippen LogP contribution in [-0.2, 0) is 9.59 Å². The summed E-state index contributed by atoms with van der Waals surface area (Å²) < 4.78 is 0. The molecule has 19 heavy (non-hydrogen) atoms. The number of nitrogens with zero attached hydrogens (tertiary/aromatic N) is 1. The van der Waals surface area contributed by atoms with E-state index in [-0.39, 0.29) is 23.8 Å². The lowest BCUT2D eigenvalue weighted by Gasteiger charge is -2.48. The maximum Gasteiger partial charge on any atom is 0.246 e. The lowest BCUT2D eigenvalue weighted by molar-refractivity contribution is -0.159. The first-order chi connectivity index (χ1) is 8.94. The fraction of sp³-hybridized carbons (Fsp3) is 0.857. The second-order valence-corrected chi connectivity index (χ2v) is 6.40. The Morgan fingerprint density at radius 2 is 1.89 bits per heavy atom. The van der Waals surface area contributed by atoms with Crippen LogP contribution in [0, 0.1) is 5.92 Å². The minimum absolute atomic E-state index is 0.0110. The Balaban J connectivity index is 3.10. The van der Waals surface area contributed by atoms with Crippen LogP contribution in [0.15, 0.2) is 0 Å². The molecule has 1 atom stereocenters. The molecule has 0 aromatic heterocycles. The molecular formula is C14H26N2O2S. The quantitative estimate of drug-likeness (QED) is 0.811. The first-order valence-corrected chi connectivity index (χ1v) is 8.45. The first-order valence-electron chi connectivity index (χ1n) is 7.06. The van der Waals surface area contributed by atoms with Gasteiger partial charge in [-0.2, -0.15) is 11.8 Å². The van der Waals surface area contributed by atoms with E-state index < -0.39 is 5.54 Å². The van der Waals surface area contributed by atoms with Gasteiger partial charge in [0.25, 0.3) is 0 Å². The van der Waals surface area contributed by atoms with Crippen molar-refractivity contribution >= 4 is 23.6 Å². The first kappa shape index (κ1) is 16.3. The maximum atomic E-state index is 12.7. The van der Waals surface area contributed by atoms with Crippen molar-refractivity contribution in [2.75, 3.05) is 18.6 Å². The number of piperazine rings is 1. The number of thioether (sulfide) groups is 1. The molecule has 1 unspecified atom stereocenters. The molecule has 1 aliphatic heterocycles. The molecule has 1 N–H and O–H groups in total. The van der Waals surface area contributed by atoms with E-state index in [4.69, 9.17) is 0 Å². The van der Waals surface area contributed by atoms with Gasteiger partial charge in [-0.15, -0.1) is 0 Å². The van der Waals surface area contributed by atoms with Crippen molar-refractivity contribution in [3.63, 3.8) is 0 Å². The molecule has 1 fully saturated rings.